The molecule has 0 spiro atoms. The van der Waals surface area contributed by atoms with Crippen molar-refractivity contribution in [3.8, 4) is 0 Å². The molecule has 0 aliphatic rings. The zero-order valence-corrected chi connectivity index (χ0v) is 11.4. The van der Waals surface area contributed by atoms with Gasteiger partial charge in [0.1, 0.15) is 11.5 Å². The van der Waals surface area contributed by atoms with Crippen LogP contribution in [0.15, 0.2) is 42.6 Å². The number of amides is 1. The van der Waals surface area contributed by atoms with Gasteiger partial charge in [0, 0.05) is 17.1 Å². The molecule has 0 aliphatic heterocycles. The lowest BCUT2D eigenvalue weighted by Crippen LogP contribution is -2.14. The third kappa shape index (κ3) is 2.28. The first-order valence-electron chi connectivity index (χ1n) is 6.46. The van der Waals surface area contributed by atoms with Crippen LogP contribution in [0.4, 0.5) is 5.82 Å². The number of benzene rings is 1. The predicted octanol–water partition coefficient (Wildman–Crippen LogP) is 3.43. The fourth-order valence-electron chi connectivity index (χ4n) is 2.17. The lowest BCUT2D eigenvalue weighted by atomic mass is 10.2. The van der Waals surface area contributed by atoms with Gasteiger partial charge in [-0.05, 0) is 43.7 Å². The Morgan fingerprint density at radius 2 is 2.05 bits per heavy atom. The summed E-state index contributed by atoms with van der Waals surface area (Å²) in [5, 5.41) is 3.86. The average Bonchev–Trinajstić information content (AvgIpc) is 2.84. The maximum Gasteiger partial charge on any atom is 0.273 e. The van der Waals surface area contributed by atoms with E-state index < -0.39 is 0 Å². The first kappa shape index (κ1) is 12.4. The summed E-state index contributed by atoms with van der Waals surface area (Å²) in [5.74, 6) is 0.410. The van der Waals surface area contributed by atoms with Crippen LogP contribution in [0.3, 0.4) is 0 Å². The molecule has 4 heteroatoms. The summed E-state index contributed by atoms with van der Waals surface area (Å²) in [7, 11) is 0. The molecule has 3 rings (SSSR count). The molecular weight excluding hydrogens is 250 g/mol. The van der Waals surface area contributed by atoms with E-state index in [4.69, 9.17) is 0 Å². The molecule has 1 amide bonds. The zero-order chi connectivity index (χ0) is 14.1. The van der Waals surface area contributed by atoms with Crippen molar-refractivity contribution in [2.24, 2.45) is 0 Å². The highest BCUT2D eigenvalue weighted by Crippen LogP contribution is 2.18. The van der Waals surface area contributed by atoms with Crippen molar-refractivity contribution in [3.63, 3.8) is 0 Å². The standard InChI is InChI=1S/C16H15N3O/c1-10-5-6-13-12(8-10)9-14(18-13)16(20)19-15-11(2)4-3-7-17-15/h3-9,18H,1-2H3,(H,17,19,20). The minimum absolute atomic E-state index is 0.180. The Kier molecular flexibility index (Phi) is 2.99. The number of fused-ring (bicyclic) bond motifs is 1. The number of aromatic nitrogens is 2. The fraction of sp³-hybridized carbons (Fsp3) is 0.125. The quantitative estimate of drug-likeness (QED) is 0.745. The number of aryl methyl sites for hydroxylation is 2. The Morgan fingerprint density at radius 1 is 1.20 bits per heavy atom. The number of nitrogens with one attached hydrogen (secondary N) is 2. The predicted molar refractivity (Wildman–Crippen MR) is 80.0 cm³/mol. The van der Waals surface area contributed by atoms with Crippen LogP contribution in [0, 0.1) is 13.8 Å². The average molecular weight is 265 g/mol. The third-order valence-electron chi connectivity index (χ3n) is 3.26. The van der Waals surface area contributed by atoms with Gasteiger partial charge in [0.05, 0.1) is 0 Å². The number of H-pyrrole nitrogens is 1. The first-order chi connectivity index (χ1) is 9.63. The van der Waals surface area contributed by atoms with E-state index in [2.05, 4.69) is 21.4 Å². The van der Waals surface area contributed by atoms with Crippen LogP contribution in [-0.2, 0) is 0 Å². The number of hydrogen-bond acceptors (Lipinski definition) is 2. The normalized spacial score (nSPS) is 10.7. The highest BCUT2D eigenvalue weighted by molar-refractivity contribution is 6.05. The van der Waals surface area contributed by atoms with Gasteiger partial charge >= 0.3 is 0 Å². The van der Waals surface area contributed by atoms with E-state index >= 15 is 0 Å². The fourth-order valence-corrected chi connectivity index (χ4v) is 2.17. The van der Waals surface area contributed by atoms with Crippen LogP contribution < -0.4 is 5.32 Å². The van der Waals surface area contributed by atoms with Crippen LogP contribution in [0.1, 0.15) is 21.6 Å². The van der Waals surface area contributed by atoms with Gasteiger partial charge in [0.25, 0.3) is 5.91 Å². The van der Waals surface area contributed by atoms with Crippen molar-refractivity contribution in [1.82, 2.24) is 9.97 Å². The van der Waals surface area contributed by atoms with Crippen LogP contribution in [0.25, 0.3) is 10.9 Å². The van der Waals surface area contributed by atoms with Crippen molar-refractivity contribution in [3.05, 3.63) is 59.4 Å². The Hall–Kier alpha value is -2.62. The summed E-state index contributed by atoms with van der Waals surface area (Å²) in [5.41, 5.74) is 3.60. The van der Waals surface area contributed by atoms with Gasteiger partial charge in [-0.1, -0.05) is 17.7 Å². The molecule has 100 valence electrons. The monoisotopic (exact) mass is 265 g/mol. The maximum absolute atomic E-state index is 12.2. The van der Waals surface area contributed by atoms with Gasteiger partial charge in [-0.25, -0.2) is 4.98 Å². The molecule has 2 heterocycles. The van der Waals surface area contributed by atoms with Gasteiger partial charge in [-0.3, -0.25) is 4.79 Å². The highest BCUT2D eigenvalue weighted by atomic mass is 16.1. The van der Waals surface area contributed by atoms with Gasteiger partial charge in [0.2, 0.25) is 0 Å². The van der Waals surface area contributed by atoms with Crippen molar-refractivity contribution in [2.45, 2.75) is 13.8 Å². The van der Waals surface area contributed by atoms with Crippen molar-refractivity contribution >= 4 is 22.6 Å². The van der Waals surface area contributed by atoms with Crippen LogP contribution in [0.5, 0.6) is 0 Å². The number of carbonyl (C=O) groups is 1. The molecule has 0 unspecified atom stereocenters. The Labute approximate surface area is 116 Å². The number of pyridine rings is 1. The van der Waals surface area contributed by atoms with Gasteiger partial charge in [-0.15, -0.1) is 0 Å². The second-order valence-corrected chi connectivity index (χ2v) is 4.90. The van der Waals surface area contributed by atoms with Gasteiger partial charge in [-0.2, -0.15) is 0 Å². The number of nitrogens with zero attached hydrogens (tertiary/aromatic N) is 1. The number of rotatable bonds is 2. The second kappa shape index (κ2) is 4.81. The van der Waals surface area contributed by atoms with E-state index in [1.807, 2.05) is 44.2 Å². The third-order valence-corrected chi connectivity index (χ3v) is 3.26. The summed E-state index contributed by atoms with van der Waals surface area (Å²) in [6.45, 7) is 3.95. The smallest absolute Gasteiger partial charge is 0.273 e. The first-order valence-corrected chi connectivity index (χ1v) is 6.46. The molecule has 4 nitrogen and oxygen atoms in total. The molecular formula is C16H15N3O. The van der Waals surface area contributed by atoms with E-state index in [0.29, 0.717) is 11.5 Å². The molecule has 2 N–H and O–H groups in total. The number of hydrogen-bond donors (Lipinski definition) is 2. The maximum atomic E-state index is 12.2. The molecule has 0 atom stereocenters. The highest BCUT2D eigenvalue weighted by Gasteiger charge is 2.11. The summed E-state index contributed by atoms with van der Waals surface area (Å²) in [6, 6.07) is 11.7. The SMILES string of the molecule is Cc1ccc2[nH]c(C(=O)Nc3ncccc3C)cc2c1. The van der Waals surface area contributed by atoms with Crippen LogP contribution in [-0.4, -0.2) is 15.9 Å². The van der Waals surface area contributed by atoms with Gasteiger partial charge < -0.3 is 10.3 Å². The summed E-state index contributed by atoms with van der Waals surface area (Å²) in [6.07, 6.45) is 1.66. The summed E-state index contributed by atoms with van der Waals surface area (Å²) >= 11 is 0. The Balaban J connectivity index is 1.91. The molecule has 0 bridgehead atoms. The molecule has 0 saturated carbocycles. The Morgan fingerprint density at radius 3 is 2.85 bits per heavy atom. The van der Waals surface area contributed by atoms with E-state index in [1.165, 1.54) is 5.56 Å². The van der Waals surface area contributed by atoms with Crippen molar-refractivity contribution in [1.29, 1.82) is 0 Å². The second-order valence-electron chi connectivity index (χ2n) is 4.90. The topological polar surface area (TPSA) is 57.8 Å². The van der Waals surface area contributed by atoms with E-state index in [1.54, 1.807) is 6.20 Å². The molecule has 2 aromatic heterocycles. The minimum atomic E-state index is -0.180. The van der Waals surface area contributed by atoms with Gasteiger partial charge in [0.15, 0.2) is 0 Å². The van der Waals surface area contributed by atoms with E-state index in [9.17, 15) is 4.79 Å². The van der Waals surface area contributed by atoms with Crippen LogP contribution >= 0.6 is 0 Å². The molecule has 3 aromatic rings. The van der Waals surface area contributed by atoms with Crippen LogP contribution in [0.2, 0.25) is 0 Å². The summed E-state index contributed by atoms with van der Waals surface area (Å²) < 4.78 is 0. The number of anilines is 1. The zero-order valence-electron chi connectivity index (χ0n) is 11.4. The molecule has 1 aromatic carbocycles. The largest absolute Gasteiger partial charge is 0.351 e. The minimum Gasteiger partial charge on any atom is -0.351 e. The number of aromatic amines is 1. The van der Waals surface area contributed by atoms with E-state index in [-0.39, 0.29) is 5.91 Å². The molecule has 0 aliphatic carbocycles. The van der Waals surface area contributed by atoms with Crippen molar-refractivity contribution < 1.29 is 4.79 Å². The molecule has 0 saturated heterocycles. The Bertz CT molecular complexity index is 789. The molecule has 0 fully saturated rings. The lowest BCUT2D eigenvalue weighted by Gasteiger charge is -2.05. The number of carbonyl (C=O) groups excluding carboxylic acids is 1. The van der Waals surface area contributed by atoms with E-state index in [0.717, 1.165) is 16.5 Å². The van der Waals surface area contributed by atoms with Crippen molar-refractivity contribution in [2.75, 3.05) is 5.32 Å². The summed E-state index contributed by atoms with van der Waals surface area (Å²) in [4.78, 5) is 19.5. The molecule has 20 heavy (non-hydrogen) atoms. The lowest BCUT2D eigenvalue weighted by molar-refractivity contribution is 0.102. The molecule has 0 radical (unpaired) electrons.